The molecule has 0 bridgehead atoms. The molecule has 0 heterocycles. The lowest BCUT2D eigenvalue weighted by Crippen LogP contribution is -2.81. The SMILES string of the molecule is CC(=O)Oc1ccc([S+](C)Cc2ccccc2C)cc1.Fc1c(F)c(F)c([B-](c2c(F)c(F)c(F)c(F)c2F)(c2c(F)c(F)c(F)c(F)c2F)c2c(F)c(F)c(F)c(F)c2F)c(F)c1F. The molecule has 0 aliphatic heterocycles. The second-order valence-corrected chi connectivity index (χ2v) is 15.6. The Labute approximate surface area is 354 Å². The van der Waals surface area contributed by atoms with E-state index in [4.69, 9.17) is 4.74 Å². The van der Waals surface area contributed by atoms with E-state index in [9.17, 15) is 57.5 Å². The van der Waals surface area contributed by atoms with Crippen LogP contribution in [0.2, 0.25) is 0 Å². The first-order valence-corrected chi connectivity index (χ1v) is 19.3. The van der Waals surface area contributed by atoms with Crippen LogP contribution >= 0.6 is 0 Å². The molecule has 0 saturated carbocycles. The monoisotopic (exact) mass is 966 g/mol. The summed E-state index contributed by atoms with van der Waals surface area (Å²) >= 11 is 0. The summed E-state index contributed by atoms with van der Waals surface area (Å²) < 4.78 is 299. The average Bonchev–Trinajstić information content (AvgIpc) is 3.27. The van der Waals surface area contributed by atoms with Crippen LogP contribution in [0, 0.1) is 123 Å². The van der Waals surface area contributed by atoms with Crippen molar-refractivity contribution in [2.75, 3.05) is 6.26 Å². The number of carbonyl (C=O) groups is 1. The van der Waals surface area contributed by atoms with Gasteiger partial charge in [0.25, 0.3) is 0 Å². The third kappa shape index (κ3) is 8.35. The maximum Gasteiger partial charge on any atom is 0.308 e. The fraction of sp³-hybridized carbons (Fsp3) is 0.0976. The Bertz CT molecular complexity index is 2510. The van der Waals surface area contributed by atoms with Gasteiger partial charge in [0.2, 0.25) is 0 Å². The number of hydrogen-bond acceptors (Lipinski definition) is 2. The van der Waals surface area contributed by atoms with Crippen LogP contribution < -0.4 is 26.6 Å². The summed E-state index contributed by atoms with van der Waals surface area (Å²) in [4.78, 5) is 12.2. The predicted molar refractivity (Wildman–Crippen MR) is 193 cm³/mol. The first-order valence-electron chi connectivity index (χ1n) is 17.5. The van der Waals surface area contributed by atoms with Crippen LogP contribution in [0.15, 0.2) is 53.4 Å². The van der Waals surface area contributed by atoms with Gasteiger partial charge < -0.3 is 4.74 Å². The Morgan fingerprint density at radius 1 is 0.431 bits per heavy atom. The van der Waals surface area contributed by atoms with Crippen molar-refractivity contribution in [1.29, 1.82) is 0 Å². The maximum absolute atomic E-state index is 15.4. The van der Waals surface area contributed by atoms with Gasteiger partial charge in [0, 0.05) is 23.4 Å². The Morgan fingerprint density at radius 2 is 0.692 bits per heavy atom. The Hall–Kier alpha value is -6.20. The van der Waals surface area contributed by atoms with Crippen LogP contribution in [0.4, 0.5) is 87.8 Å². The second-order valence-electron chi connectivity index (χ2n) is 13.6. The molecule has 0 spiro atoms. The minimum Gasteiger partial charge on any atom is -0.427 e. The molecule has 6 rings (SSSR count). The Kier molecular flexibility index (Phi) is 14.4. The molecular formula is C41H19BF20O2S. The summed E-state index contributed by atoms with van der Waals surface area (Å²) in [6, 6.07) is 16.3. The molecule has 0 aromatic heterocycles. The molecule has 1 unspecified atom stereocenters. The van der Waals surface area contributed by atoms with E-state index >= 15 is 35.1 Å². The molecule has 0 amide bonds. The van der Waals surface area contributed by atoms with Gasteiger partial charge >= 0.3 is 5.97 Å². The largest absolute Gasteiger partial charge is 0.427 e. The zero-order valence-corrected chi connectivity index (χ0v) is 33.0. The third-order valence-electron chi connectivity index (χ3n) is 9.83. The highest BCUT2D eigenvalue weighted by Crippen LogP contribution is 2.31. The molecule has 0 fully saturated rings. The van der Waals surface area contributed by atoms with Crippen LogP contribution in [0.5, 0.6) is 5.75 Å². The third-order valence-corrected chi connectivity index (χ3v) is 11.6. The fourth-order valence-corrected chi connectivity index (χ4v) is 8.43. The molecule has 6 aromatic rings. The van der Waals surface area contributed by atoms with E-state index in [0.717, 1.165) is 5.75 Å². The van der Waals surface area contributed by atoms with E-state index < -0.39 is 144 Å². The van der Waals surface area contributed by atoms with Gasteiger partial charge in [-0.2, -0.15) is 0 Å². The van der Waals surface area contributed by atoms with E-state index in [2.05, 4.69) is 37.4 Å². The number of esters is 1. The highest BCUT2D eigenvalue weighted by molar-refractivity contribution is 7.95. The van der Waals surface area contributed by atoms with Gasteiger partial charge in [0.15, 0.2) is 74.7 Å². The maximum atomic E-state index is 15.4. The number of benzene rings is 6. The molecule has 0 aliphatic carbocycles. The van der Waals surface area contributed by atoms with Crippen molar-refractivity contribution >= 4 is 44.9 Å². The fourth-order valence-electron chi connectivity index (χ4n) is 6.87. The predicted octanol–water partition coefficient (Wildman–Crippen LogP) is 9.57. The quantitative estimate of drug-likeness (QED) is 0.0289. The summed E-state index contributed by atoms with van der Waals surface area (Å²) in [5, 5.41) is 0. The van der Waals surface area contributed by atoms with Crippen LogP contribution in [-0.2, 0) is 21.4 Å². The molecule has 344 valence electrons. The van der Waals surface area contributed by atoms with E-state index in [1.807, 2.05) is 24.3 Å². The summed E-state index contributed by atoms with van der Waals surface area (Å²) in [6.45, 7) is 3.56. The molecule has 0 N–H and O–H groups in total. The van der Waals surface area contributed by atoms with Crippen LogP contribution in [-0.4, -0.2) is 18.4 Å². The first kappa shape index (κ1) is 49.8. The van der Waals surface area contributed by atoms with Gasteiger partial charge in [0.05, 0.1) is 0 Å². The summed E-state index contributed by atoms with van der Waals surface area (Å²) in [5.74, 6) is -70.0. The zero-order chi connectivity index (χ0) is 48.9. The number of carbonyl (C=O) groups excluding carboxylic acids is 1. The molecule has 2 nitrogen and oxygen atoms in total. The van der Waals surface area contributed by atoms with Gasteiger partial charge in [-0.15, -0.1) is 21.9 Å². The average molecular weight is 966 g/mol. The number of halogens is 20. The van der Waals surface area contributed by atoms with E-state index in [1.165, 1.54) is 22.9 Å². The molecule has 24 heteroatoms. The van der Waals surface area contributed by atoms with Crippen molar-refractivity contribution in [2.45, 2.75) is 24.5 Å². The second kappa shape index (κ2) is 18.7. The molecule has 6 aromatic carbocycles. The molecule has 0 aliphatic rings. The lowest BCUT2D eigenvalue weighted by molar-refractivity contribution is -0.131. The van der Waals surface area contributed by atoms with Crippen molar-refractivity contribution < 1.29 is 97.3 Å². The van der Waals surface area contributed by atoms with Crippen molar-refractivity contribution in [3.63, 3.8) is 0 Å². The van der Waals surface area contributed by atoms with Crippen LogP contribution in [0.25, 0.3) is 0 Å². The molecule has 0 radical (unpaired) electrons. The molecule has 1 atom stereocenters. The standard InChI is InChI=1S/C24BF20.C17H19O2S/c26-5-1(6(27)14(35)21(42)13(5)34)25(2-7(28)15(36)22(43)16(37)8(2)29,3-9(30)17(38)23(44)18(39)10(3)31)4-11(32)19(40)24(45)20(41)12(4)33;1-13-6-4-5-7-15(13)12-20(3)17-10-8-16(9-11-17)19-14(2)18/h;4-11H,12H2,1-3H3/q-1;+1. The van der Waals surface area contributed by atoms with Crippen molar-refractivity contribution in [3.8, 4) is 5.75 Å². The molecule has 0 saturated heterocycles. The number of ether oxygens (including phenoxy) is 1. The first-order chi connectivity index (χ1) is 30.3. The molecular weight excluding hydrogens is 947 g/mol. The smallest absolute Gasteiger partial charge is 0.308 e. The summed E-state index contributed by atoms with van der Waals surface area (Å²) in [5.41, 5.74) is -11.6. The topological polar surface area (TPSA) is 26.3 Å². The van der Waals surface area contributed by atoms with E-state index in [1.54, 1.807) is 0 Å². The Morgan fingerprint density at radius 3 is 0.954 bits per heavy atom. The van der Waals surface area contributed by atoms with Crippen LogP contribution in [0.3, 0.4) is 0 Å². The lowest BCUT2D eigenvalue weighted by Gasteiger charge is -2.44. The Balaban J connectivity index is 0.000000330. The minimum atomic E-state index is -7.22. The summed E-state index contributed by atoms with van der Waals surface area (Å²) in [7, 11) is 0.144. The van der Waals surface area contributed by atoms with Gasteiger partial charge in [-0.3, -0.25) is 4.79 Å². The van der Waals surface area contributed by atoms with E-state index in [-0.39, 0.29) is 16.9 Å². The number of aryl methyl sites for hydroxylation is 1. The lowest BCUT2D eigenvalue weighted by atomic mass is 9.12. The number of hydrogen-bond donors (Lipinski definition) is 0. The molecule has 65 heavy (non-hydrogen) atoms. The highest BCUT2D eigenvalue weighted by atomic mass is 32.2. The van der Waals surface area contributed by atoms with Crippen LogP contribution in [0.1, 0.15) is 18.1 Å². The normalized spacial score (nSPS) is 12.0. The zero-order valence-electron chi connectivity index (χ0n) is 32.2. The van der Waals surface area contributed by atoms with Gasteiger partial charge in [-0.25, -0.2) is 87.8 Å². The van der Waals surface area contributed by atoms with Crippen molar-refractivity contribution in [3.05, 3.63) is 176 Å². The van der Waals surface area contributed by atoms with Gasteiger partial charge in [0.1, 0.15) is 70.4 Å². The highest BCUT2D eigenvalue weighted by Gasteiger charge is 2.52. The van der Waals surface area contributed by atoms with E-state index in [0.29, 0.717) is 5.75 Å². The summed E-state index contributed by atoms with van der Waals surface area (Å²) in [6.07, 6.45) is -4.97. The van der Waals surface area contributed by atoms with Gasteiger partial charge in [-0.05, 0) is 36.8 Å². The van der Waals surface area contributed by atoms with Crippen molar-refractivity contribution in [1.82, 2.24) is 0 Å². The van der Waals surface area contributed by atoms with Crippen molar-refractivity contribution in [2.24, 2.45) is 0 Å². The van der Waals surface area contributed by atoms with Gasteiger partial charge in [-0.1, -0.05) is 24.3 Å². The minimum absolute atomic E-state index is 0.144. The number of rotatable bonds is 8.